The maximum absolute atomic E-state index is 14.1. The van der Waals surface area contributed by atoms with E-state index in [2.05, 4.69) is 4.90 Å². The molecular formula is C32H39FN4O7. The highest BCUT2D eigenvalue weighted by molar-refractivity contribution is 6.39. The summed E-state index contributed by atoms with van der Waals surface area (Å²) in [5.41, 5.74) is 2.01. The smallest absolute Gasteiger partial charge is 0.414 e. The molecule has 3 amide bonds. The number of piperazine rings is 1. The fourth-order valence-corrected chi connectivity index (χ4v) is 6.16. The molecular weight excluding hydrogens is 571 g/mol. The van der Waals surface area contributed by atoms with Crippen molar-refractivity contribution in [3.8, 4) is 5.75 Å². The Morgan fingerprint density at radius 1 is 0.977 bits per heavy atom. The Labute approximate surface area is 256 Å². The minimum absolute atomic E-state index is 0.0143. The van der Waals surface area contributed by atoms with Gasteiger partial charge >= 0.3 is 6.09 Å². The van der Waals surface area contributed by atoms with Crippen molar-refractivity contribution in [1.82, 2.24) is 14.7 Å². The van der Waals surface area contributed by atoms with Gasteiger partial charge in [0.25, 0.3) is 11.8 Å². The number of halogens is 1. The Morgan fingerprint density at radius 3 is 2.34 bits per heavy atom. The third-order valence-electron chi connectivity index (χ3n) is 8.60. The minimum Gasteiger partial charge on any atom is -0.496 e. The average molecular weight is 611 g/mol. The molecule has 2 aromatic carbocycles. The molecule has 11 nitrogen and oxygen atoms in total. The van der Waals surface area contributed by atoms with E-state index in [4.69, 9.17) is 14.2 Å². The highest BCUT2D eigenvalue weighted by Crippen LogP contribution is 2.42. The molecule has 0 bridgehead atoms. The number of nitrogens with zero attached hydrogens (tertiary/aromatic N) is 4. The van der Waals surface area contributed by atoms with E-state index in [1.165, 1.54) is 29.0 Å². The summed E-state index contributed by atoms with van der Waals surface area (Å²) in [6.07, 6.45) is -0.649. The van der Waals surface area contributed by atoms with Gasteiger partial charge in [0.05, 0.1) is 44.1 Å². The summed E-state index contributed by atoms with van der Waals surface area (Å²) in [6.45, 7) is 8.71. The van der Waals surface area contributed by atoms with Crippen molar-refractivity contribution in [2.75, 3.05) is 64.6 Å². The maximum Gasteiger partial charge on any atom is 0.414 e. The van der Waals surface area contributed by atoms with Crippen LogP contribution in [0.1, 0.15) is 48.2 Å². The van der Waals surface area contributed by atoms with Crippen LogP contribution in [0.25, 0.3) is 0 Å². The number of methoxy groups -OCH3 is 1. The Bertz CT molecular complexity index is 1410. The molecule has 0 saturated carbocycles. The van der Waals surface area contributed by atoms with Crippen LogP contribution < -0.4 is 9.64 Å². The Morgan fingerprint density at radius 2 is 1.68 bits per heavy atom. The van der Waals surface area contributed by atoms with Crippen molar-refractivity contribution in [3.63, 3.8) is 0 Å². The monoisotopic (exact) mass is 610 g/mol. The molecule has 44 heavy (non-hydrogen) atoms. The molecule has 0 N–H and O–H groups in total. The van der Waals surface area contributed by atoms with Gasteiger partial charge in [0.15, 0.2) is 0 Å². The van der Waals surface area contributed by atoms with Crippen LogP contribution in [-0.4, -0.2) is 110 Å². The third kappa shape index (κ3) is 6.27. The molecule has 3 aliphatic heterocycles. The topological polar surface area (TPSA) is 109 Å². The van der Waals surface area contributed by atoms with E-state index in [9.17, 15) is 23.6 Å². The largest absolute Gasteiger partial charge is 0.496 e. The third-order valence-corrected chi connectivity index (χ3v) is 8.60. The molecule has 0 radical (unpaired) electrons. The first-order chi connectivity index (χ1) is 21.1. The van der Waals surface area contributed by atoms with E-state index in [0.717, 1.165) is 5.56 Å². The number of ether oxygens (including phenoxy) is 3. The maximum atomic E-state index is 14.1. The minimum atomic E-state index is -0.967. The van der Waals surface area contributed by atoms with Gasteiger partial charge in [-0.2, -0.15) is 0 Å². The summed E-state index contributed by atoms with van der Waals surface area (Å²) in [6, 6.07) is 9.44. The quantitative estimate of drug-likeness (QED) is 0.441. The number of carbonyl (C=O) groups is 4. The van der Waals surface area contributed by atoms with Crippen LogP contribution in [0, 0.1) is 5.82 Å². The van der Waals surface area contributed by atoms with Crippen LogP contribution in [-0.2, 0) is 25.6 Å². The van der Waals surface area contributed by atoms with Crippen LogP contribution in [0.4, 0.5) is 14.9 Å². The number of anilines is 1. The summed E-state index contributed by atoms with van der Waals surface area (Å²) < 4.78 is 29.6. The van der Waals surface area contributed by atoms with Gasteiger partial charge in [0, 0.05) is 57.4 Å². The van der Waals surface area contributed by atoms with E-state index in [1.807, 2.05) is 13.8 Å². The lowest BCUT2D eigenvalue weighted by Crippen LogP contribution is -2.57. The number of benzene rings is 2. The van der Waals surface area contributed by atoms with Gasteiger partial charge in [0.2, 0.25) is 5.78 Å². The number of Topliss-reactive ketones (excluding diaryl/α,β-unsaturated/α-hetero) is 1. The van der Waals surface area contributed by atoms with Crippen molar-refractivity contribution in [3.05, 3.63) is 58.9 Å². The van der Waals surface area contributed by atoms with Crippen LogP contribution in [0.3, 0.4) is 0 Å². The second-order valence-electron chi connectivity index (χ2n) is 11.5. The van der Waals surface area contributed by atoms with Gasteiger partial charge in [-0.05, 0) is 50.1 Å². The standard InChI is InChI=1S/C32H39FN4O7/c1-5-44-32(41)37-19-26(29(38)31(40)34-10-12-43-13-11-34)24-14-25(28(42-4)15-27(24)37)30(39)36-17-20(2)35(16-21(36)3)18-22-6-8-23(33)9-7-22/h6-9,14-15,20-21,26H,5,10-13,16-19H2,1-4H3. The number of carbonyl (C=O) groups excluding carboxylic acids is 4. The number of morpholine rings is 1. The average Bonchev–Trinajstić information content (AvgIpc) is 3.41. The van der Waals surface area contributed by atoms with Crippen molar-refractivity contribution in [1.29, 1.82) is 0 Å². The van der Waals surface area contributed by atoms with Gasteiger partial charge < -0.3 is 24.0 Å². The molecule has 5 rings (SSSR count). The van der Waals surface area contributed by atoms with Gasteiger partial charge in [-0.15, -0.1) is 0 Å². The predicted octanol–water partition coefficient (Wildman–Crippen LogP) is 3.06. The first kappa shape index (κ1) is 31.4. The molecule has 2 fully saturated rings. The van der Waals surface area contributed by atoms with Gasteiger partial charge in [0.1, 0.15) is 11.6 Å². The Balaban J connectivity index is 1.42. The molecule has 0 spiro atoms. The van der Waals surface area contributed by atoms with Crippen LogP contribution in [0.15, 0.2) is 36.4 Å². The van der Waals surface area contributed by atoms with Crippen LogP contribution in [0.5, 0.6) is 5.75 Å². The van der Waals surface area contributed by atoms with Gasteiger partial charge in [-0.25, -0.2) is 9.18 Å². The predicted molar refractivity (Wildman–Crippen MR) is 159 cm³/mol. The number of fused-ring (bicyclic) bond motifs is 1. The lowest BCUT2D eigenvalue weighted by molar-refractivity contribution is -0.147. The lowest BCUT2D eigenvalue weighted by atomic mass is 9.93. The van der Waals surface area contributed by atoms with Crippen molar-refractivity contribution >= 4 is 29.4 Å². The van der Waals surface area contributed by atoms with E-state index in [1.54, 1.807) is 36.1 Å². The van der Waals surface area contributed by atoms with Crippen LogP contribution >= 0.6 is 0 Å². The lowest BCUT2D eigenvalue weighted by Gasteiger charge is -2.44. The molecule has 12 heteroatoms. The highest BCUT2D eigenvalue weighted by Gasteiger charge is 2.43. The second kappa shape index (κ2) is 13.3. The molecule has 2 aromatic rings. The van der Waals surface area contributed by atoms with Gasteiger partial charge in [-0.1, -0.05) is 12.1 Å². The molecule has 0 aliphatic carbocycles. The number of amides is 3. The summed E-state index contributed by atoms with van der Waals surface area (Å²) >= 11 is 0. The molecule has 3 unspecified atom stereocenters. The van der Waals surface area contributed by atoms with E-state index >= 15 is 0 Å². The first-order valence-corrected chi connectivity index (χ1v) is 15.0. The zero-order chi connectivity index (χ0) is 31.5. The molecule has 0 aromatic heterocycles. The zero-order valence-electron chi connectivity index (χ0n) is 25.6. The van der Waals surface area contributed by atoms with E-state index in [-0.39, 0.29) is 48.3 Å². The highest BCUT2D eigenvalue weighted by atomic mass is 19.1. The Kier molecular flexibility index (Phi) is 9.50. The van der Waals surface area contributed by atoms with Crippen molar-refractivity contribution in [2.45, 2.75) is 45.3 Å². The van der Waals surface area contributed by atoms with E-state index < -0.39 is 23.7 Å². The molecule has 236 valence electrons. The van der Waals surface area contributed by atoms with Crippen molar-refractivity contribution < 1.29 is 37.8 Å². The fourth-order valence-electron chi connectivity index (χ4n) is 6.16. The summed E-state index contributed by atoms with van der Waals surface area (Å²) in [5, 5.41) is 0. The number of rotatable bonds is 7. The fraction of sp³-hybridized carbons (Fsp3) is 0.500. The summed E-state index contributed by atoms with van der Waals surface area (Å²) in [5.74, 6) is -2.56. The second-order valence-corrected chi connectivity index (χ2v) is 11.5. The number of hydrogen-bond acceptors (Lipinski definition) is 8. The summed E-state index contributed by atoms with van der Waals surface area (Å²) in [7, 11) is 1.44. The van der Waals surface area contributed by atoms with Crippen LogP contribution in [0.2, 0.25) is 0 Å². The normalized spacial score (nSPS) is 22.0. The SMILES string of the molecule is CCOC(=O)N1CC(C(=O)C(=O)N2CCOCC2)c2cc(C(=O)N3CC(C)N(Cc4ccc(F)cc4)CC3C)c(OC)cc21. The number of ketones is 1. The number of hydrogen-bond donors (Lipinski definition) is 0. The first-order valence-electron chi connectivity index (χ1n) is 15.0. The molecule has 3 heterocycles. The van der Waals surface area contributed by atoms with Crippen molar-refractivity contribution in [2.24, 2.45) is 0 Å². The summed E-state index contributed by atoms with van der Waals surface area (Å²) in [4.78, 5) is 60.7. The molecule has 3 aliphatic rings. The van der Waals surface area contributed by atoms with E-state index in [0.29, 0.717) is 57.2 Å². The Hall–Kier alpha value is -4.03. The zero-order valence-corrected chi connectivity index (χ0v) is 25.6. The van der Waals surface area contributed by atoms with Gasteiger partial charge in [-0.3, -0.25) is 24.2 Å². The molecule has 3 atom stereocenters. The molecule has 2 saturated heterocycles.